The van der Waals surface area contributed by atoms with E-state index >= 15 is 0 Å². The summed E-state index contributed by atoms with van der Waals surface area (Å²) in [5.74, 6) is -1.84. The van der Waals surface area contributed by atoms with Crippen LogP contribution in [-0.4, -0.2) is 18.6 Å². The fraction of sp³-hybridized carbons (Fsp3) is 0.367. The maximum absolute atomic E-state index is 13.7. The van der Waals surface area contributed by atoms with Gasteiger partial charge < -0.3 is 14.8 Å². The first kappa shape index (κ1) is 30.8. The van der Waals surface area contributed by atoms with E-state index in [-0.39, 0.29) is 23.5 Å². The van der Waals surface area contributed by atoms with Crippen molar-refractivity contribution in [1.29, 1.82) is 0 Å². The first-order valence-electron chi connectivity index (χ1n) is 12.9. The topological polar surface area (TPSA) is 47.6 Å². The van der Waals surface area contributed by atoms with Crippen molar-refractivity contribution >= 4 is 5.91 Å². The van der Waals surface area contributed by atoms with Crippen molar-refractivity contribution in [2.24, 2.45) is 5.92 Å². The van der Waals surface area contributed by atoms with Gasteiger partial charge in [0.05, 0.1) is 5.54 Å². The fourth-order valence-electron chi connectivity index (χ4n) is 4.66. The van der Waals surface area contributed by atoms with Gasteiger partial charge in [-0.05, 0) is 53.8 Å². The second-order valence-electron chi connectivity index (χ2n) is 9.46. The van der Waals surface area contributed by atoms with Crippen molar-refractivity contribution in [3.05, 3.63) is 95.6 Å². The largest absolute Gasteiger partial charge is 0.573 e. The van der Waals surface area contributed by atoms with Crippen LogP contribution in [0.1, 0.15) is 56.2 Å². The zero-order valence-electron chi connectivity index (χ0n) is 22.1. The Kier molecular flexibility index (Phi) is 10.1. The van der Waals surface area contributed by atoms with Gasteiger partial charge in [0.1, 0.15) is 11.5 Å². The van der Waals surface area contributed by atoms with Gasteiger partial charge in [0.2, 0.25) is 5.91 Å². The Bertz CT molecular complexity index is 1180. The smallest absolute Gasteiger partial charge is 0.406 e. The third-order valence-corrected chi connectivity index (χ3v) is 6.54. The van der Waals surface area contributed by atoms with E-state index in [2.05, 4.69) is 14.8 Å². The van der Waals surface area contributed by atoms with Crippen LogP contribution in [0, 0.1) is 5.92 Å². The predicted octanol–water partition coefficient (Wildman–Crippen LogP) is 8.30. The average Bonchev–Trinajstić information content (AvgIpc) is 2.87. The van der Waals surface area contributed by atoms with Gasteiger partial charge in [-0.2, -0.15) is 0 Å². The lowest BCUT2D eigenvalue weighted by atomic mass is 9.77. The number of amides is 1. The van der Waals surface area contributed by atoms with E-state index in [0.717, 1.165) is 37.1 Å². The molecule has 0 saturated carbocycles. The number of halogens is 6. The van der Waals surface area contributed by atoms with Gasteiger partial charge in [0, 0.05) is 12.3 Å². The maximum Gasteiger partial charge on any atom is 0.573 e. The number of hydrogen-bond acceptors (Lipinski definition) is 3. The van der Waals surface area contributed by atoms with E-state index in [1.165, 1.54) is 24.3 Å². The van der Waals surface area contributed by atoms with Crippen molar-refractivity contribution in [3.63, 3.8) is 0 Å². The van der Waals surface area contributed by atoms with Crippen LogP contribution in [0.2, 0.25) is 0 Å². The number of carbonyl (C=O) groups excluding carboxylic acids is 1. The van der Waals surface area contributed by atoms with Crippen LogP contribution >= 0.6 is 0 Å². The minimum Gasteiger partial charge on any atom is -0.406 e. The van der Waals surface area contributed by atoms with Crippen LogP contribution in [0.3, 0.4) is 0 Å². The molecule has 0 aromatic heterocycles. The Hall–Kier alpha value is -3.69. The molecule has 0 fully saturated rings. The van der Waals surface area contributed by atoms with Gasteiger partial charge in [0.25, 0.3) is 0 Å². The number of nitrogens with one attached hydrogen (secondary N) is 1. The van der Waals surface area contributed by atoms with Gasteiger partial charge in [-0.3, -0.25) is 4.79 Å². The molecule has 3 aromatic rings. The molecule has 3 rings (SSSR count). The Morgan fingerprint density at radius 3 is 1.75 bits per heavy atom. The molecule has 1 unspecified atom stereocenters. The summed E-state index contributed by atoms with van der Waals surface area (Å²) < 4.78 is 87.0. The molecule has 0 aliphatic rings. The van der Waals surface area contributed by atoms with Crippen molar-refractivity contribution in [2.45, 2.75) is 64.2 Å². The molecule has 1 N–H and O–H groups in total. The monoisotopic (exact) mass is 567 g/mol. The molecule has 0 spiro atoms. The third-order valence-electron chi connectivity index (χ3n) is 6.54. The summed E-state index contributed by atoms with van der Waals surface area (Å²) in [6.07, 6.45) is -7.21. The highest BCUT2D eigenvalue weighted by Gasteiger charge is 2.40. The van der Waals surface area contributed by atoms with Gasteiger partial charge in [-0.1, -0.05) is 81.3 Å². The minimum atomic E-state index is -4.97. The number of hydrogen-bond donors (Lipinski definition) is 1. The summed E-state index contributed by atoms with van der Waals surface area (Å²) in [6.45, 7) is 3.84. The van der Waals surface area contributed by atoms with E-state index in [0.29, 0.717) is 18.4 Å². The summed E-state index contributed by atoms with van der Waals surface area (Å²) in [7, 11) is 0. The van der Waals surface area contributed by atoms with E-state index in [9.17, 15) is 31.1 Å². The molecule has 0 aliphatic carbocycles. The molecule has 216 valence electrons. The van der Waals surface area contributed by atoms with Crippen LogP contribution in [-0.2, 0) is 16.8 Å². The highest BCUT2D eigenvalue weighted by Crippen LogP contribution is 2.39. The predicted molar refractivity (Wildman–Crippen MR) is 139 cm³/mol. The summed E-state index contributed by atoms with van der Waals surface area (Å²) in [5.41, 5.74) is -0.496. The first-order valence-corrected chi connectivity index (χ1v) is 12.9. The summed E-state index contributed by atoms with van der Waals surface area (Å²) in [6, 6.07) is 19.0. The molecule has 4 nitrogen and oxygen atoms in total. The zero-order valence-corrected chi connectivity index (χ0v) is 22.1. The van der Waals surface area contributed by atoms with Crippen LogP contribution in [0.15, 0.2) is 78.9 Å². The standard InChI is InChI=1S/C30H31F6NO3/c1-3-5-13-22(4-2)27(38)37-28(20-21-11-7-6-8-12-21,23-14-9-16-25(18-23)39-29(31,32)33)24-15-10-17-26(19-24)40-30(34,35)36/h6-12,14-19,22H,3-5,13,20H2,1-2H3,(H,37,38). The lowest BCUT2D eigenvalue weighted by Gasteiger charge is -2.38. The molecule has 0 bridgehead atoms. The molecule has 10 heteroatoms. The quantitative estimate of drug-likeness (QED) is 0.224. The van der Waals surface area contributed by atoms with E-state index in [4.69, 9.17) is 0 Å². The van der Waals surface area contributed by atoms with Crippen LogP contribution in [0.4, 0.5) is 26.3 Å². The number of benzene rings is 3. The number of rotatable bonds is 12. The summed E-state index contributed by atoms with van der Waals surface area (Å²) in [4.78, 5) is 13.7. The number of carbonyl (C=O) groups is 1. The van der Waals surface area contributed by atoms with Crippen molar-refractivity contribution in [2.75, 3.05) is 0 Å². The van der Waals surface area contributed by atoms with E-state index < -0.39 is 35.7 Å². The highest BCUT2D eigenvalue weighted by atomic mass is 19.4. The van der Waals surface area contributed by atoms with Gasteiger partial charge in [-0.15, -0.1) is 26.3 Å². The number of unbranched alkanes of at least 4 members (excludes halogenated alkanes) is 1. The molecule has 40 heavy (non-hydrogen) atoms. The Morgan fingerprint density at radius 2 is 1.30 bits per heavy atom. The van der Waals surface area contributed by atoms with Crippen LogP contribution in [0.5, 0.6) is 11.5 Å². The third kappa shape index (κ3) is 8.66. The molecule has 3 aromatic carbocycles. The Balaban J connectivity index is 2.26. The highest BCUT2D eigenvalue weighted by molar-refractivity contribution is 5.80. The maximum atomic E-state index is 13.7. The first-order chi connectivity index (χ1) is 18.8. The van der Waals surface area contributed by atoms with Crippen molar-refractivity contribution in [3.8, 4) is 11.5 Å². The molecule has 0 aliphatic heterocycles. The molecule has 1 amide bonds. The van der Waals surface area contributed by atoms with E-state index in [1.54, 1.807) is 30.3 Å². The molecular weight excluding hydrogens is 536 g/mol. The summed E-state index contributed by atoms with van der Waals surface area (Å²) >= 11 is 0. The minimum absolute atomic E-state index is 0.0226. The normalized spacial score (nSPS) is 13.0. The van der Waals surface area contributed by atoms with E-state index in [1.807, 2.05) is 13.8 Å². The Morgan fingerprint density at radius 1 is 0.775 bits per heavy atom. The van der Waals surface area contributed by atoms with Gasteiger partial charge >= 0.3 is 12.7 Å². The fourth-order valence-corrected chi connectivity index (χ4v) is 4.66. The lowest BCUT2D eigenvalue weighted by Crippen LogP contribution is -2.50. The molecule has 1 atom stereocenters. The second kappa shape index (κ2) is 13.1. The van der Waals surface area contributed by atoms with Gasteiger partial charge in [0.15, 0.2) is 0 Å². The van der Waals surface area contributed by atoms with Crippen LogP contribution < -0.4 is 14.8 Å². The zero-order chi connectivity index (χ0) is 29.4. The molecular formula is C30H31F6NO3. The lowest BCUT2D eigenvalue weighted by molar-refractivity contribution is -0.275. The SMILES string of the molecule is CCCCC(CC)C(=O)NC(Cc1ccccc1)(c1cccc(OC(F)(F)F)c1)c1cccc(OC(F)(F)F)c1. The summed E-state index contributed by atoms with van der Waals surface area (Å²) in [5, 5.41) is 3.04. The van der Waals surface area contributed by atoms with Crippen molar-refractivity contribution in [1.82, 2.24) is 5.32 Å². The molecule has 0 radical (unpaired) electrons. The molecule has 0 heterocycles. The second-order valence-corrected chi connectivity index (χ2v) is 9.46. The number of alkyl halides is 6. The van der Waals surface area contributed by atoms with Gasteiger partial charge in [-0.25, -0.2) is 0 Å². The molecule has 0 saturated heterocycles. The van der Waals surface area contributed by atoms with Crippen molar-refractivity contribution < 1.29 is 40.6 Å². The number of ether oxygens (including phenoxy) is 2. The Labute approximate surface area is 229 Å². The van der Waals surface area contributed by atoms with Crippen LogP contribution in [0.25, 0.3) is 0 Å². The average molecular weight is 568 g/mol.